The molecule has 10 heteroatoms. The summed E-state index contributed by atoms with van der Waals surface area (Å²) in [5.41, 5.74) is 0. The van der Waals surface area contributed by atoms with E-state index in [1.165, 1.54) is 0 Å². The highest BCUT2D eigenvalue weighted by Crippen LogP contribution is 1.95. The van der Waals surface area contributed by atoms with Crippen LogP contribution >= 0.6 is 0 Å². The Kier molecular flexibility index (Phi) is 12.0. The monoisotopic (exact) mass is 374 g/mol. The maximum atomic E-state index is 3.81. The topological polar surface area (TPSA) is 40.3 Å². The summed E-state index contributed by atoms with van der Waals surface area (Å²) in [5.74, 6) is 0.863. The molecule has 0 rings (SSSR count). The van der Waals surface area contributed by atoms with Crippen molar-refractivity contribution in [2.45, 2.75) is 11.6 Å². The van der Waals surface area contributed by atoms with Crippen molar-refractivity contribution < 1.29 is 0 Å². The fourth-order valence-corrected chi connectivity index (χ4v) is 7.71. The lowest BCUT2D eigenvalue weighted by Gasteiger charge is -2.33. The average Bonchev–Trinajstić information content (AvgIpc) is 2.36. The summed E-state index contributed by atoms with van der Waals surface area (Å²) in [6.07, 6.45) is 1.08. The van der Waals surface area contributed by atoms with Crippen LogP contribution in [-0.2, 0) is 0 Å². The molecule has 2 N–H and O–H groups in total. The maximum absolute atomic E-state index is 3.81. The van der Waals surface area contributed by atoms with E-state index in [-0.39, 0.29) is 0 Å². The molecular formula is C13H36N7Si3. The summed E-state index contributed by atoms with van der Waals surface area (Å²) in [7, 11) is 22.0. The lowest BCUT2D eigenvalue weighted by Crippen LogP contribution is -2.64. The molecule has 135 valence electrons. The van der Waals surface area contributed by atoms with E-state index in [1.807, 2.05) is 0 Å². The number of nitrogens with one attached hydrogen (secondary N) is 2. The Hall–Kier alpha value is 0.371. The van der Waals surface area contributed by atoms with Crippen molar-refractivity contribution in [2.75, 3.05) is 76.6 Å². The molecule has 0 aromatic heterocycles. The minimum absolute atomic E-state index is 0.431. The molecule has 0 saturated carbocycles. The summed E-state index contributed by atoms with van der Waals surface area (Å²) in [4.78, 5) is 11.3. The van der Waals surface area contributed by atoms with Crippen molar-refractivity contribution in [1.29, 1.82) is 0 Å². The molecule has 0 aromatic carbocycles. The molecule has 0 bridgehead atoms. The van der Waals surface area contributed by atoms with Crippen molar-refractivity contribution in [3.05, 3.63) is 0 Å². The Balaban J connectivity index is 4.63. The first-order valence-corrected chi connectivity index (χ1v) is 11.6. The largest absolute Gasteiger partial charge is 0.347 e. The van der Waals surface area contributed by atoms with Crippen LogP contribution in [0.5, 0.6) is 0 Å². The van der Waals surface area contributed by atoms with Crippen LogP contribution in [0, 0.1) is 0 Å². The third kappa shape index (κ3) is 10.1. The van der Waals surface area contributed by atoms with Gasteiger partial charge in [0, 0.05) is 6.17 Å². The third-order valence-electron chi connectivity index (χ3n) is 3.14. The summed E-state index contributed by atoms with van der Waals surface area (Å²) in [6, 6.07) is 0. The van der Waals surface area contributed by atoms with Crippen molar-refractivity contribution in [1.82, 2.24) is 33.8 Å². The zero-order valence-electron chi connectivity index (χ0n) is 16.6. The first kappa shape index (κ1) is 23.4. The molecule has 0 amide bonds. The van der Waals surface area contributed by atoms with Gasteiger partial charge in [0.15, 0.2) is 19.4 Å². The average molecular weight is 375 g/mol. The molecule has 0 heterocycles. The number of hydrogen-bond donors (Lipinski definition) is 2. The van der Waals surface area contributed by atoms with Crippen molar-refractivity contribution in [2.24, 2.45) is 0 Å². The van der Waals surface area contributed by atoms with E-state index >= 15 is 0 Å². The Morgan fingerprint density at radius 3 is 1.17 bits per heavy atom. The molecule has 0 fully saturated rings. The molecule has 0 aromatic rings. The maximum Gasteiger partial charge on any atom is 0.224 e. The lowest BCUT2D eigenvalue weighted by atomic mass is 10.8. The summed E-state index contributed by atoms with van der Waals surface area (Å²) >= 11 is 0. The second-order valence-corrected chi connectivity index (χ2v) is 11.7. The van der Waals surface area contributed by atoms with Crippen LogP contribution in [0.15, 0.2) is 0 Å². The fourth-order valence-electron chi connectivity index (χ4n) is 2.17. The van der Waals surface area contributed by atoms with Crippen LogP contribution in [-0.4, -0.2) is 141 Å². The number of rotatable bonds is 12. The van der Waals surface area contributed by atoms with E-state index < -0.39 is 9.12 Å². The molecule has 0 saturated heterocycles. The van der Waals surface area contributed by atoms with Crippen molar-refractivity contribution >= 4 is 28.5 Å². The zero-order chi connectivity index (χ0) is 18.2. The predicted octanol–water partition coefficient (Wildman–Crippen LogP) is -2.19. The minimum atomic E-state index is -0.823. The van der Waals surface area contributed by atoms with Gasteiger partial charge in [-0.1, -0.05) is 0 Å². The lowest BCUT2D eigenvalue weighted by molar-refractivity contribution is 0.199. The Morgan fingerprint density at radius 2 is 0.957 bits per heavy atom. The molecule has 0 aliphatic heterocycles. The van der Waals surface area contributed by atoms with Crippen molar-refractivity contribution in [3.63, 3.8) is 0 Å². The van der Waals surface area contributed by atoms with E-state index in [0.29, 0.717) is 30.9 Å². The van der Waals surface area contributed by atoms with Gasteiger partial charge >= 0.3 is 0 Å². The van der Waals surface area contributed by atoms with E-state index in [0.717, 1.165) is 6.17 Å². The second kappa shape index (κ2) is 11.8. The Morgan fingerprint density at radius 1 is 0.652 bits per heavy atom. The second-order valence-electron chi connectivity index (χ2n) is 6.86. The van der Waals surface area contributed by atoms with Gasteiger partial charge in [-0.15, -0.1) is 0 Å². The summed E-state index contributed by atoms with van der Waals surface area (Å²) in [6.45, 7) is 0. The van der Waals surface area contributed by atoms with Gasteiger partial charge in [-0.25, -0.2) is 0 Å². The van der Waals surface area contributed by atoms with E-state index in [9.17, 15) is 0 Å². The van der Waals surface area contributed by atoms with Crippen molar-refractivity contribution in [3.8, 4) is 0 Å². The van der Waals surface area contributed by atoms with Crippen LogP contribution in [0.3, 0.4) is 0 Å². The molecule has 0 aliphatic carbocycles. The first-order valence-electron chi connectivity index (χ1n) is 7.75. The van der Waals surface area contributed by atoms with E-state index in [4.69, 9.17) is 0 Å². The van der Waals surface area contributed by atoms with Crippen LogP contribution in [0.25, 0.3) is 0 Å². The van der Waals surface area contributed by atoms with Gasteiger partial charge in [0.1, 0.15) is 0 Å². The van der Waals surface area contributed by atoms with E-state index in [2.05, 4.69) is 104 Å². The molecule has 23 heavy (non-hydrogen) atoms. The fraction of sp³-hybridized carbons (Fsp3) is 1.00. The number of nitrogens with zero attached hydrogens (tertiary/aromatic N) is 5. The normalized spacial score (nSPS) is 13.3. The molecule has 0 unspecified atom stereocenters. The number of hydrogen-bond acceptors (Lipinski definition) is 7. The first-order chi connectivity index (χ1) is 10.6. The molecular weight excluding hydrogens is 338 g/mol. The minimum Gasteiger partial charge on any atom is -0.347 e. The van der Waals surface area contributed by atoms with Gasteiger partial charge < -0.3 is 14.2 Å². The SMILES string of the molecule is CN(C)C[Si](N[Si]C(N(C)C)N(C)C)N[Si]C(N(C)C)N(C)C. The molecule has 5 radical (unpaired) electrons. The van der Waals surface area contributed by atoms with Crippen LogP contribution in [0.2, 0.25) is 0 Å². The van der Waals surface area contributed by atoms with Gasteiger partial charge in [-0.2, -0.15) is 0 Å². The van der Waals surface area contributed by atoms with Gasteiger partial charge in [-0.3, -0.25) is 19.6 Å². The van der Waals surface area contributed by atoms with E-state index in [1.54, 1.807) is 0 Å². The van der Waals surface area contributed by atoms with Gasteiger partial charge in [0.05, 0.1) is 11.6 Å². The third-order valence-corrected chi connectivity index (χ3v) is 10.2. The molecule has 7 nitrogen and oxygen atoms in total. The van der Waals surface area contributed by atoms with Crippen LogP contribution in [0.4, 0.5) is 0 Å². The standard InChI is InChI=1S/C13H36N7Si3/c1-16(2)11-23(14-21-12(17(3)4)18(5)6)15-22-13(19(7)8)20(9)10/h12-15H,11H2,1-10H3. The molecule has 0 aliphatic rings. The summed E-state index contributed by atoms with van der Waals surface area (Å²) < 4.78 is 7.62. The summed E-state index contributed by atoms with van der Waals surface area (Å²) in [5, 5.41) is 0. The quantitative estimate of drug-likeness (QED) is 0.297. The van der Waals surface area contributed by atoms with Crippen LogP contribution in [0.1, 0.15) is 0 Å². The van der Waals surface area contributed by atoms with Gasteiger partial charge in [0.2, 0.25) is 9.12 Å². The Bertz CT molecular complexity index is 263. The molecule has 0 atom stereocenters. The predicted molar refractivity (Wildman–Crippen MR) is 104 cm³/mol. The van der Waals surface area contributed by atoms with Crippen LogP contribution < -0.4 is 9.30 Å². The highest BCUT2D eigenvalue weighted by Gasteiger charge is 2.22. The Labute approximate surface area is 150 Å². The van der Waals surface area contributed by atoms with Gasteiger partial charge in [0.25, 0.3) is 0 Å². The van der Waals surface area contributed by atoms with Gasteiger partial charge in [-0.05, 0) is 70.5 Å². The molecule has 0 spiro atoms. The highest BCUT2D eigenvalue weighted by atomic mass is 28.4. The smallest absolute Gasteiger partial charge is 0.224 e. The highest BCUT2D eigenvalue weighted by molar-refractivity contribution is 6.70. The zero-order valence-corrected chi connectivity index (χ0v) is 19.6.